The molecule has 0 amide bonds. The molecule has 0 aliphatic carbocycles. The maximum absolute atomic E-state index is 9.47. The van der Waals surface area contributed by atoms with Gasteiger partial charge in [-0.1, -0.05) is 60.7 Å². The topological polar surface area (TPSA) is 68.9 Å². The number of hydrogen-bond donors (Lipinski definition) is 2. The van der Waals surface area contributed by atoms with Crippen LogP contribution < -0.4 is 5.32 Å². The lowest BCUT2D eigenvalue weighted by Crippen LogP contribution is -1.97. The Balaban J connectivity index is 1.60. The Morgan fingerprint density at radius 3 is 2.42 bits per heavy atom. The van der Waals surface area contributed by atoms with Gasteiger partial charge in [0, 0.05) is 22.3 Å². The van der Waals surface area contributed by atoms with Gasteiger partial charge in [-0.2, -0.15) is 5.26 Å². The minimum absolute atomic E-state index is 0.507. The molecule has 0 atom stereocenters. The molecule has 2 heterocycles. The quantitative estimate of drug-likeness (QED) is 0.325. The average molecular weight is 422 g/mol. The van der Waals surface area contributed by atoms with Crippen LogP contribution in [0.5, 0.6) is 0 Å². The first-order valence-electron chi connectivity index (χ1n) is 9.83. The molecule has 6 heteroatoms. The van der Waals surface area contributed by atoms with E-state index in [1.165, 1.54) is 10.5 Å². The summed E-state index contributed by atoms with van der Waals surface area (Å²) in [5, 5.41) is 16.1. The van der Waals surface area contributed by atoms with Gasteiger partial charge in [0.25, 0.3) is 0 Å². The van der Waals surface area contributed by atoms with Crippen LogP contribution >= 0.6 is 11.8 Å². The summed E-state index contributed by atoms with van der Waals surface area (Å²) in [4.78, 5) is 5.97. The van der Waals surface area contributed by atoms with Crippen molar-refractivity contribution in [1.82, 2.24) is 14.6 Å². The molecule has 0 fully saturated rings. The largest absolute Gasteiger partial charge is 0.338 e. The van der Waals surface area contributed by atoms with Gasteiger partial charge in [0.15, 0.2) is 11.5 Å². The van der Waals surface area contributed by atoms with E-state index < -0.39 is 0 Å². The molecule has 0 saturated carbocycles. The third-order valence-corrected chi connectivity index (χ3v) is 5.90. The highest BCUT2D eigenvalue weighted by Crippen LogP contribution is 2.33. The van der Waals surface area contributed by atoms with Crippen LogP contribution in [0.15, 0.2) is 90.0 Å². The predicted molar refractivity (Wildman–Crippen MR) is 127 cm³/mol. The van der Waals surface area contributed by atoms with E-state index in [1.807, 2.05) is 34.8 Å². The number of nitriles is 1. The van der Waals surface area contributed by atoms with Crippen molar-refractivity contribution in [2.24, 2.45) is 0 Å². The Hall–Kier alpha value is -3.95. The first-order valence-corrected chi connectivity index (χ1v) is 11.1. The highest BCUT2D eigenvalue weighted by atomic mass is 32.2. The Kier molecular flexibility index (Phi) is 4.95. The maximum atomic E-state index is 9.47. The van der Waals surface area contributed by atoms with Crippen molar-refractivity contribution in [3.8, 4) is 28.5 Å². The molecule has 5 rings (SSSR count). The number of H-pyrrole nitrogens is 1. The number of aromatic nitrogens is 3. The Morgan fingerprint density at radius 2 is 1.68 bits per heavy atom. The third-order valence-electron chi connectivity index (χ3n) is 5.17. The van der Waals surface area contributed by atoms with E-state index in [2.05, 4.69) is 71.3 Å². The van der Waals surface area contributed by atoms with Crippen molar-refractivity contribution in [2.45, 2.75) is 4.90 Å². The maximum Gasteiger partial charge on any atom is 0.173 e. The molecule has 0 unspecified atom stereocenters. The van der Waals surface area contributed by atoms with Gasteiger partial charge < -0.3 is 5.32 Å². The molecule has 0 aliphatic rings. The number of nitrogens with zero attached hydrogens (tertiary/aromatic N) is 3. The van der Waals surface area contributed by atoms with Crippen LogP contribution in [0.2, 0.25) is 0 Å². The van der Waals surface area contributed by atoms with Gasteiger partial charge in [0.2, 0.25) is 0 Å². The number of anilines is 2. The normalized spacial score (nSPS) is 10.8. The third kappa shape index (κ3) is 3.56. The highest BCUT2D eigenvalue weighted by Gasteiger charge is 2.18. The van der Waals surface area contributed by atoms with Crippen molar-refractivity contribution < 1.29 is 0 Å². The molecule has 0 spiro atoms. The van der Waals surface area contributed by atoms with Crippen LogP contribution in [0, 0.1) is 11.3 Å². The van der Waals surface area contributed by atoms with Crippen molar-refractivity contribution in [1.29, 1.82) is 5.26 Å². The molecule has 5 aromatic rings. The van der Waals surface area contributed by atoms with Gasteiger partial charge in [-0.25, -0.2) is 9.50 Å². The van der Waals surface area contributed by atoms with Crippen LogP contribution in [0.25, 0.3) is 28.0 Å². The summed E-state index contributed by atoms with van der Waals surface area (Å²) in [5.41, 5.74) is 6.16. The first kappa shape index (κ1) is 19.0. The Bertz CT molecular complexity index is 1390. The molecule has 0 radical (unpaired) electrons. The molecule has 0 saturated heterocycles. The summed E-state index contributed by atoms with van der Waals surface area (Å²) in [5.74, 6) is 0.794. The zero-order chi connectivity index (χ0) is 21.2. The van der Waals surface area contributed by atoms with Crippen LogP contribution in [0.1, 0.15) is 5.56 Å². The van der Waals surface area contributed by atoms with Gasteiger partial charge >= 0.3 is 0 Å². The minimum Gasteiger partial charge on any atom is -0.338 e. The standard InChI is InChI=1S/C25H19N5S/c1-31-22-9-5-8-21(14-22)28-25-23(29-24-20(15-26)16-27-30(24)25)19-12-10-18(11-13-19)17-6-3-2-4-7-17/h2-14,16,27-28H,1H3. The van der Waals surface area contributed by atoms with Gasteiger partial charge in [0.05, 0.1) is 0 Å². The lowest BCUT2D eigenvalue weighted by molar-refractivity contribution is 0.980. The van der Waals surface area contributed by atoms with Gasteiger partial charge in [-0.3, -0.25) is 5.10 Å². The monoisotopic (exact) mass is 421 g/mol. The summed E-state index contributed by atoms with van der Waals surface area (Å²) in [7, 11) is 0. The van der Waals surface area contributed by atoms with Crippen LogP contribution in [-0.2, 0) is 0 Å². The zero-order valence-electron chi connectivity index (χ0n) is 16.8. The van der Waals surface area contributed by atoms with E-state index in [-0.39, 0.29) is 0 Å². The van der Waals surface area contributed by atoms with Gasteiger partial charge in [-0.05, 0) is 35.6 Å². The fraction of sp³-hybridized carbons (Fsp3) is 0.0400. The fourth-order valence-electron chi connectivity index (χ4n) is 3.61. The number of thioether (sulfide) groups is 1. The van der Waals surface area contributed by atoms with Crippen LogP contribution in [0.4, 0.5) is 11.5 Å². The second-order valence-corrected chi connectivity index (χ2v) is 7.95. The van der Waals surface area contributed by atoms with Crippen molar-refractivity contribution in [3.05, 3.63) is 90.6 Å². The molecule has 0 bridgehead atoms. The lowest BCUT2D eigenvalue weighted by atomic mass is 10.0. The molecule has 5 nitrogen and oxygen atoms in total. The Labute approximate surface area is 184 Å². The summed E-state index contributed by atoms with van der Waals surface area (Å²) < 4.78 is 1.82. The molecule has 150 valence electrons. The summed E-state index contributed by atoms with van der Waals surface area (Å²) in [6.07, 6.45) is 3.73. The van der Waals surface area contributed by atoms with E-state index in [9.17, 15) is 5.26 Å². The molecule has 2 aromatic heterocycles. The van der Waals surface area contributed by atoms with Crippen molar-refractivity contribution >= 4 is 28.9 Å². The van der Waals surface area contributed by atoms with Crippen molar-refractivity contribution in [2.75, 3.05) is 11.6 Å². The van der Waals surface area contributed by atoms with Gasteiger partial charge in [0.1, 0.15) is 17.3 Å². The highest BCUT2D eigenvalue weighted by molar-refractivity contribution is 7.98. The number of nitrogens with one attached hydrogen (secondary N) is 2. The van der Waals surface area contributed by atoms with E-state index in [0.717, 1.165) is 28.3 Å². The first-order chi connectivity index (χ1) is 15.3. The molecule has 3 aromatic carbocycles. The number of rotatable bonds is 5. The molecule has 2 N–H and O–H groups in total. The summed E-state index contributed by atoms with van der Waals surface area (Å²) >= 11 is 1.69. The number of hydrogen-bond acceptors (Lipinski definition) is 4. The number of benzene rings is 3. The van der Waals surface area contributed by atoms with E-state index in [4.69, 9.17) is 4.98 Å². The lowest BCUT2D eigenvalue weighted by Gasteiger charge is -2.10. The predicted octanol–water partition coefficient (Wildman–Crippen LogP) is 6.33. The number of aromatic amines is 1. The van der Waals surface area contributed by atoms with E-state index >= 15 is 0 Å². The second-order valence-electron chi connectivity index (χ2n) is 7.07. The molecule has 31 heavy (non-hydrogen) atoms. The summed E-state index contributed by atoms with van der Waals surface area (Å²) in [6.45, 7) is 0. The second kappa shape index (κ2) is 8.05. The van der Waals surface area contributed by atoms with Crippen molar-refractivity contribution in [3.63, 3.8) is 0 Å². The molecular weight excluding hydrogens is 402 g/mol. The average Bonchev–Trinajstić information content (AvgIpc) is 3.40. The van der Waals surface area contributed by atoms with Crippen LogP contribution in [0.3, 0.4) is 0 Å². The number of fused-ring (bicyclic) bond motifs is 1. The van der Waals surface area contributed by atoms with Crippen LogP contribution in [-0.4, -0.2) is 20.9 Å². The van der Waals surface area contributed by atoms with Gasteiger partial charge in [-0.15, -0.1) is 11.8 Å². The SMILES string of the molecule is CSc1cccc(Nc2c(-c3ccc(-c4ccccc4)cc3)nc3c(C#N)c[nH]n23)c1. The summed E-state index contributed by atoms with van der Waals surface area (Å²) in [6, 6.07) is 29.1. The fourth-order valence-corrected chi connectivity index (χ4v) is 4.07. The Morgan fingerprint density at radius 1 is 0.935 bits per heavy atom. The minimum atomic E-state index is 0.507. The van der Waals surface area contributed by atoms with E-state index in [0.29, 0.717) is 11.2 Å². The smallest absolute Gasteiger partial charge is 0.173 e. The number of imidazole rings is 1. The molecule has 0 aliphatic heterocycles. The molecular formula is C25H19N5S. The van der Waals surface area contributed by atoms with E-state index in [1.54, 1.807) is 18.0 Å². The zero-order valence-corrected chi connectivity index (χ0v) is 17.6.